The second-order valence-corrected chi connectivity index (χ2v) is 7.80. The summed E-state index contributed by atoms with van der Waals surface area (Å²) in [7, 11) is 0. The predicted molar refractivity (Wildman–Crippen MR) is 108 cm³/mol. The molecule has 0 radical (unpaired) electrons. The third-order valence-corrected chi connectivity index (χ3v) is 5.52. The van der Waals surface area contributed by atoms with E-state index in [9.17, 15) is 4.79 Å². The van der Waals surface area contributed by atoms with Crippen LogP contribution in [-0.4, -0.2) is 42.5 Å². The van der Waals surface area contributed by atoms with Gasteiger partial charge < -0.3 is 0 Å². The van der Waals surface area contributed by atoms with E-state index in [2.05, 4.69) is 20.1 Å². The molecule has 1 aliphatic heterocycles. The van der Waals surface area contributed by atoms with Crippen LogP contribution in [0.3, 0.4) is 0 Å². The molecule has 1 aliphatic rings. The lowest BCUT2D eigenvalue weighted by molar-refractivity contribution is 0.0993. The smallest absolute Gasteiger partial charge is 0.264 e. The van der Waals surface area contributed by atoms with E-state index >= 15 is 0 Å². The molecule has 1 atom stereocenters. The van der Waals surface area contributed by atoms with Crippen molar-refractivity contribution in [3.8, 4) is 0 Å². The van der Waals surface area contributed by atoms with Crippen molar-refractivity contribution in [1.29, 1.82) is 0 Å². The van der Waals surface area contributed by atoms with Crippen LogP contribution < -0.4 is 4.90 Å². The van der Waals surface area contributed by atoms with E-state index in [0.717, 1.165) is 17.1 Å². The van der Waals surface area contributed by atoms with Gasteiger partial charge in [-0.1, -0.05) is 23.4 Å². The summed E-state index contributed by atoms with van der Waals surface area (Å²) >= 11 is 7.54. The highest BCUT2D eigenvalue weighted by molar-refractivity contribution is 8.14. The molecule has 4 rings (SSSR count). The molecule has 1 amide bonds. The summed E-state index contributed by atoms with van der Waals surface area (Å²) in [5, 5.41) is 5.60. The molecule has 0 fully saturated rings. The Balaban J connectivity index is 1.80. The molecule has 0 spiro atoms. The highest BCUT2D eigenvalue weighted by Gasteiger charge is 2.30. The van der Waals surface area contributed by atoms with E-state index < -0.39 is 0 Å². The second-order valence-electron chi connectivity index (χ2n) is 6.37. The van der Waals surface area contributed by atoms with Crippen LogP contribution in [-0.2, 0) is 0 Å². The zero-order chi connectivity index (χ0) is 19.1. The summed E-state index contributed by atoms with van der Waals surface area (Å²) in [6.45, 7) is 5.80. The number of anilines is 1. The van der Waals surface area contributed by atoms with Crippen LogP contribution in [0.15, 0.2) is 35.3 Å². The number of nitrogens with zero attached hydrogens (tertiary/aromatic N) is 6. The first-order chi connectivity index (χ1) is 12.9. The summed E-state index contributed by atoms with van der Waals surface area (Å²) in [6, 6.07) is 9.10. The number of hydrogen-bond donors (Lipinski definition) is 0. The van der Waals surface area contributed by atoms with Crippen molar-refractivity contribution in [2.75, 3.05) is 10.7 Å². The van der Waals surface area contributed by atoms with Crippen molar-refractivity contribution < 1.29 is 4.79 Å². The fourth-order valence-corrected chi connectivity index (χ4v) is 4.00. The molecule has 0 bridgehead atoms. The normalized spacial score (nSPS) is 16.6. The number of amides is 1. The highest BCUT2D eigenvalue weighted by Crippen LogP contribution is 2.28. The molecular weight excluding hydrogens is 384 g/mol. The first-order valence-electron chi connectivity index (χ1n) is 8.44. The lowest BCUT2D eigenvalue weighted by Crippen LogP contribution is -2.35. The third-order valence-electron chi connectivity index (χ3n) is 4.07. The zero-order valence-electron chi connectivity index (χ0n) is 15.0. The molecule has 9 heteroatoms. The van der Waals surface area contributed by atoms with Gasteiger partial charge in [-0.2, -0.15) is 4.98 Å². The quantitative estimate of drug-likeness (QED) is 0.657. The molecule has 0 unspecified atom stereocenters. The lowest BCUT2D eigenvalue weighted by Gasteiger charge is -2.20. The Morgan fingerprint density at radius 1 is 1.26 bits per heavy atom. The average molecular weight is 401 g/mol. The predicted octanol–water partition coefficient (Wildman–Crippen LogP) is 3.53. The van der Waals surface area contributed by atoms with E-state index in [-0.39, 0.29) is 17.8 Å². The fraction of sp³-hybridized carbons (Fsp3) is 0.278. The van der Waals surface area contributed by atoms with Crippen LogP contribution in [0.1, 0.15) is 28.9 Å². The highest BCUT2D eigenvalue weighted by atomic mass is 35.5. The Kier molecular flexibility index (Phi) is 4.61. The number of amidine groups is 1. The first-order valence-corrected chi connectivity index (χ1v) is 9.80. The number of aromatic nitrogens is 4. The van der Waals surface area contributed by atoms with Gasteiger partial charge in [0.25, 0.3) is 5.78 Å². The molecule has 3 heterocycles. The van der Waals surface area contributed by atoms with E-state index in [0.29, 0.717) is 21.7 Å². The number of hydrogen-bond acceptors (Lipinski definition) is 6. The van der Waals surface area contributed by atoms with Crippen molar-refractivity contribution >= 4 is 45.9 Å². The van der Waals surface area contributed by atoms with Gasteiger partial charge >= 0.3 is 5.91 Å². The van der Waals surface area contributed by atoms with Gasteiger partial charge in [0.2, 0.25) is 5.82 Å². The number of carbonyl (C=O) groups excluding carboxylic acids is 1. The minimum Gasteiger partial charge on any atom is -0.264 e. The Bertz CT molecular complexity index is 1060. The molecule has 1 aromatic carbocycles. The molecular formula is C18H17ClN6OS. The zero-order valence-corrected chi connectivity index (χ0v) is 16.6. The van der Waals surface area contributed by atoms with E-state index in [4.69, 9.17) is 11.6 Å². The fourth-order valence-electron chi connectivity index (χ4n) is 2.84. The molecule has 27 heavy (non-hydrogen) atoms. The molecule has 0 saturated heterocycles. The monoisotopic (exact) mass is 400 g/mol. The number of benzene rings is 1. The van der Waals surface area contributed by atoms with Crippen LogP contribution in [0.4, 0.5) is 5.69 Å². The van der Waals surface area contributed by atoms with E-state index in [1.807, 2.05) is 26.8 Å². The van der Waals surface area contributed by atoms with Crippen molar-refractivity contribution in [3.05, 3.63) is 52.6 Å². The number of rotatable bonds is 2. The van der Waals surface area contributed by atoms with Crippen LogP contribution in [0.5, 0.6) is 0 Å². The number of fused-ring (bicyclic) bond motifs is 1. The van der Waals surface area contributed by atoms with Crippen molar-refractivity contribution in [2.24, 2.45) is 4.99 Å². The standard InChI is InChI=1S/C18H17ClN6OS/c1-10-8-12(3)25-17(20-10)22-15(23-25)16(26)24(18-21-11(2)9-27-18)14-6-4-13(19)5-7-14/h4-8,11H,9H2,1-3H3/t11-/m0/s1. The van der Waals surface area contributed by atoms with Gasteiger partial charge in [-0.05, 0) is 51.1 Å². The Morgan fingerprint density at radius 3 is 2.67 bits per heavy atom. The molecule has 0 saturated carbocycles. The van der Waals surface area contributed by atoms with Gasteiger partial charge in [-0.25, -0.2) is 9.50 Å². The first kappa shape index (κ1) is 17.9. The number of thioether (sulfide) groups is 1. The number of carbonyl (C=O) groups is 1. The van der Waals surface area contributed by atoms with Crippen molar-refractivity contribution in [3.63, 3.8) is 0 Å². The van der Waals surface area contributed by atoms with Crippen LogP contribution in [0.25, 0.3) is 5.78 Å². The van der Waals surface area contributed by atoms with E-state index in [1.54, 1.807) is 33.7 Å². The van der Waals surface area contributed by atoms with Gasteiger partial charge in [0, 0.05) is 22.2 Å². The second kappa shape index (κ2) is 6.94. The topological polar surface area (TPSA) is 75.8 Å². The number of aliphatic imine (C=N–C) groups is 1. The molecule has 0 N–H and O–H groups in total. The average Bonchev–Trinajstić information content (AvgIpc) is 3.23. The van der Waals surface area contributed by atoms with Crippen molar-refractivity contribution in [1.82, 2.24) is 19.6 Å². The van der Waals surface area contributed by atoms with Gasteiger partial charge in [-0.3, -0.25) is 14.7 Å². The van der Waals surface area contributed by atoms with Crippen LogP contribution in [0.2, 0.25) is 5.02 Å². The third kappa shape index (κ3) is 3.42. The van der Waals surface area contributed by atoms with Gasteiger partial charge in [0.15, 0.2) is 5.17 Å². The summed E-state index contributed by atoms with van der Waals surface area (Å²) < 4.78 is 1.58. The number of aryl methyl sites for hydroxylation is 2. The molecule has 0 aliphatic carbocycles. The maximum absolute atomic E-state index is 13.3. The SMILES string of the molecule is Cc1cc(C)n2nc(C(=O)N(C3=N[C@@H](C)CS3)c3ccc(Cl)cc3)nc2n1. The maximum Gasteiger partial charge on any atom is 0.304 e. The minimum atomic E-state index is -0.347. The largest absolute Gasteiger partial charge is 0.304 e. The van der Waals surface area contributed by atoms with Crippen LogP contribution in [0, 0.1) is 13.8 Å². The van der Waals surface area contributed by atoms with E-state index in [1.165, 1.54) is 11.8 Å². The maximum atomic E-state index is 13.3. The van der Waals surface area contributed by atoms with Gasteiger partial charge in [0.05, 0.1) is 11.7 Å². The summed E-state index contributed by atoms with van der Waals surface area (Å²) in [5.41, 5.74) is 2.36. The molecule has 138 valence electrons. The number of halogens is 1. The minimum absolute atomic E-state index is 0.0778. The Morgan fingerprint density at radius 2 is 2.00 bits per heavy atom. The molecule has 7 nitrogen and oxygen atoms in total. The summed E-state index contributed by atoms with van der Waals surface area (Å²) in [5.74, 6) is 0.959. The molecule has 3 aromatic rings. The Hall–Kier alpha value is -2.45. The van der Waals surface area contributed by atoms with Crippen molar-refractivity contribution in [2.45, 2.75) is 26.8 Å². The van der Waals surface area contributed by atoms with Crippen LogP contribution >= 0.6 is 23.4 Å². The van der Waals surface area contributed by atoms with Gasteiger partial charge in [0.1, 0.15) is 0 Å². The van der Waals surface area contributed by atoms with Gasteiger partial charge in [-0.15, -0.1) is 5.10 Å². The summed E-state index contributed by atoms with van der Waals surface area (Å²) in [4.78, 5) is 28.2. The lowest BCUT2D eigenvalue weighted by atomic mass is 10.3. The Labute approximate surface area is 165 Å². The molecule has 2 aromatic heterocycles. The summed E-state index contributed by atoms with van der Waals surface area (Å²) in [6.07, 6.45) is 0.